The maximum atomic E-state index is 12.1. The predicted molar refractivity (Wildman–Crippen MR) is 68.4 cm³/mol. The molecule has 2 rings (SSSR count). The topological polar surface area (TPSA) is 78.4 Å². The molecule has 0 radical (unpaired) electrons. The molecule has 3 unspecified atom stereocenters. The number of hydrogen-bond acceptors (Lipinski definition) is 4. The molecule has 0 spiro atoms. The van der Waals surface area contributed by atoms with E-state index in [0.29, 0.717) is 4.88 Å². The number of carboxylic acid groups (broad SMARTS) is 1. The van der Waals surface area contributed by atoms with Crippen LogP contribution in [0.2, 0.25) is 0 Å². The van der Waals surface area contributed by atoms with Crippen molar-refractivity contribution < 1.29 is 14.7 Å². The molecule has 18 heavy (non-hydrogen) atoms. The summed E-state index contributed by atoms with van der Waals surface area (Å²) in [6, 6.07) is 2.66. The minimum absolute atomic E-state index is 0.0998. The number of aliphatic carboxylic acids is 1. The Kier molecular flexibility index (Phi) is 3.98. The van der Waals surface area contributed by atoms with Gasteiger partial charge in [-0.15, -0.1) is 11.3 Å². The summed E-state index contributed by atoms with van der Waals surface area (Å²) in [5.41, 5.74) is 0. The number of amides is 1. The van der Waals surface area contributed by atoms with Gasteiger partial charge in [0.15, 0.2) is 6.04 Å². The molecule has 3 N–H and O–H groups in total. The molecule has 1 amide bonds. The van der Waals surface area contributed by atoms with E-state index in [1.165, 1.54) is 11.3 Å². The maximum Gasteiger partial charge on any atom is 0.331 e. The smallest absolute Gasteiger partial charge is 0.331 e. The number of rotatable bonds is 4. The van der Waals surface area contributed by atoms with E-state index in [-0.39, 0.29) is 17.9 Å². The lowest BCUT2D eigenvalue weighted by molar-refractivity contribution is -0.142. The van der Waals surface area contributed by atoms with Gasteiger partial charge in [0.1, 0.15) is 0 Å². The number of nitrogens with one attached hydrogen (secondary N) is 2. The fourth-order valence-electron chi connectivity index (χ4n) is 2.18. The number of carbonyl (C=O) groups is 2. The molecule has 0 saturated carbocycles. The van der Waals surface area contributed by atoms with Crippen molar-refractivity contribution in [2.75, 3.05) is 6.54 Å². The van der Waals surface area contributed by atoms with Crippen molar-refractivity contribution in [2.24, 2.45) is 5.92 Å². The molecule has 6 heteroatoms. The second kappa shape index (κ2) is 5.49. The second-order valence-electron chi connectivity index (χ2n) is 4.43. The van der Waals surface area contributed by atoms with Crippen LogP contribution in [0.15, 0.2) is 17.5 Å². The van der Waals surface area contributed by atoms with Crippen molar-refractivity contribution in [3.63, 3.8) is 0 Å². The summed E-state index contributed by atoms with van der Waals surface area (Å²) in [7, 11) is 0. The van der Waals surface area contributed by atoms with Gasteiger partial charge in [-0.25, -0.2) is 4.79 Å². The Morgan fingerprint density at radius 1 is 1.61 bits per heavy atom. The first-order valence-corrected chi connectivity index (χ1v) is 6.77. The zero-order valence-electron chi connectivity index (χ0n) is 10.1. The Balaban J connectivity index is 2.06. The molecule has 1 aliphatic rings. The number of hydrogen-bond donors (Lipinski definition) is 3. The Labute approximate surface area is 109 Å². The summed E-state index contributed by atoms with van der Waals surface area (Å²) >= 11 is 1.33. The molecular weight excluding hydrogens is 252 g/mol. The average molecular weight is 268 g/mol. The Morgan fingerprint density at radius 3 is 2.89 bits per heavy atom. The first kappa shape index (κ1) is 13.0. The minimum Gasteiger partial charge on any atom is -0.479 e. The maximum absolute atomic E-state index is 12.1. The van der Waals surface area contributed by atoms with Crippen LogP contribution in [0, 0.1) is 5.92 Å². The van der Waals surface area contributed by atoms with Crippen LogP contribution in [0.1, 0.15) is 24.3 Å². The van der Waals surface area contributed by atoms with Crippen molar-refractivity contribution >= 4 is 23.2 Å². The van der Waals surface area contributed by atoms with Gasteiger partial charge in [-0.2, -0.15) is 0 Å². The normalized spacial score (nSPS) is 24.7. The van der Waals surface area contributed by atoms with E-state index in [9.17, 15) is 14.7 Å². The molecule has 0 aromatic carbocycles. The summed E-state index contributed by atoms with van der Waals surface area (Å²) in [6.07, 6.45) is 0.754. The monoisotopic (exact) mass is 268 g/mol. The van der Waals surface area contributed by atoms with Gasteiger partial charge in [-0.3, -0.25) is 4.79 Å². The molecule has 98 valence electrons. The van der Waals surface area contributed by atoms with Crippen molar-refractivity contribution in [1.29, 1.82) is 0 Å². The molecule has 3 atom stereocenters. The van der Waals surface area contributed by atoms with Crippen LogP contribution in [0.3, 0.4) is 0 Å². The molecular formula is C12H16N2O3S. The van der Waals surface area contributed by atoms with Crippen LogP contribution in [-0.4, -0.2) is 29.6 Å². The van der Waals surface area contributed by atoms with E-state index in [2.05, 4.69) is 10.6 Å². The number of carboxylic acids is 1. The van der Waals surface area contributed by atoms with Crippen molar-refractivity contribution in [3.05, 3.63) is 22.4 Å². The van der Waals surface area contributed by atoms with Gasteiger partial charge >= 0.3 is 5.97 Å². The Hall–Kier alpha value is -1.40. The molecule has 1 aliphatic heterocycles. The largest absolute Gasteiger partial charge is 0.479 e. The van der Waals surface area contributed by atoms with E-state index in [0.717, 1.165) is 13.0 Å². The molecule has 0 bridgehead atoms. The zero-order valence-corrected chi connectivity index (χ0v) is 10.9. The molecule has 5 nitrogen and oxygen atoms in total. The van der Waals surface area contributed by atoms with Gasteiger partial charge in [-0.1, -0.05) is 6.07 Å². The second-order valence-corrected chi connectivity index (χ2v) is 5.41. The van der Waals surface area contributed by atoms with Crippen LogP contribution in [0.4, 0.5) is 0 Å². The van der Waals surface area contributed by atoms with Gasteiger partial charge in [0, 0.05) is 10.9 Å². The SMILES string of the molecule is CC1NCCC1C(=O)NC(C(=O)O)c1cccs1. The molecule has 1 saturated heterocycles. The van der Waals surface area contributed by atoms with E-state index < -0.39 is 12.0 Å². The van der Waals surface area contributed by atoms with Gasteiger partial charge in [-0.05, 0) is 31.3 Å². The molecule has 1 aromatic heterocycles. The number of carbonyl (C=O) groups excluding carboxylic acids is 1. The first-order valence-electron chi connectivity index (χ1n) is 5.89. The molecule has 0 aliphatic carbocycles. The third-order valence-corrected chi connectivity index (χ3v) is 4.16. The molecule has 1 fully saturated rings. The lowest BCUT2D eigenvalue weighted by atomic mass is 10.0. The van der Waals surface area contributed by atoms with Crippen molar-refractivity contribution in [1.82, 2.24) is 10.6 Å². The summed E-state index contributed by atoms with van der Waals surface area (Å²) < 4.78 is 0. The Morgan fingerprint density at radius 2 is 2.39 bits per heavy atom. The van der Waals surface area contributed by atoms with Crippen LogP contribution in [0.5, 0.6) is 0 Å². The van der Waals surface area contributed by atoms with Crippen LogP contribution in [-0.2, 0) is 9.59 Å². The van der Waals surface area contributed by atoms with Crippen LogP contribution >= 0.6 is 11.3 Å². The van der Waals surface area contributed by atoms with Crippen LogP contribution in [0.25, 0.3) is 0 Å². The van der Waals surface area contributed by atoms with Gasteiger partial charge < -0.3 is 15.7 Å². The number of thiophene rings is 1. The standard InChI is InChI=1S/C12H16N2O3S/c1-7-8(4-5-13-7)11(15)14-10(12(16)17)9-3-2-6-18-9/h2-3,6-8,10,13H,4-5H2,1H3,(H,14,15)(H,16,17). The van der Waals surface area contributed by atoms with Crippen molar-refractivity contribution in [2.45, 2.75) is 25.4 Å². The zero-order chi connectivity index (χ0) is 13.1. The molecule has 1 aromatic rings. The highest BCUT2D eigenvalue weighted by Gasteiger charge is 2.32. The third kappa shape index (κ3) is 2.70. The van der Waals surface area contributed by atoms with E-state index >= 15 is 0 Å². The van der Waals surface area contributed by atoms with Gasteiger partial charge in [0.25, 0.3) is 0 Å². The quantitative estimate of drug-likeness (QED) is 0.761. The highest BCUT2D eigenvalue weighted by Crippen LogP contribution is 2.22. The fraction of sp³-hybridized carbons (Fsp3) is 0.500. The van der Waals surface area contributed by atoms with Gasteiger partial charge in [0.05, 0.1) is 5.92 Å². The van der Waals surface area contributed by atoms with E-state index in [1.807, 2.05) is 6.92 Å². The predicted octanol–water partition coefficient (Wildman–Crippen LogP) is 0.988. The van der Waals surface area contributed by atoms with Crippen molar-refractivity contribution in [3.8, 4) is 0 Å². The Bertz CT molecular complexity index is 433. The summed E-state index contributed by atoms with van der Waals surface area (Å²) in [4.78, 5) is 23.9. The van der Waals surface area contributed by atoms with E-state index in [4.69, 9.17) is 0 Å². The lowest BCUT2D eigenvalue weighted by Crippen LogP contribution is -2.40. The van der Waals surface area contributed by atoms with E-state index in [1.54, 1.807) is 17.5 Å². The first-order chi connectivity index (χ1) is 8.59. The van der Waals surface area contributed by atoms with Crippen LogP contribution < -0.4 is 10.6 Å². The third-order valence-electron chi connectivity index (χ3n) is 3.22. The lowest BCUT2D eigenvalue weighted by Gasteiger charge is -2.18. The van der Waals surface area contributed by atoms with Gasteiger partial charge in [0.2, 0.25) is 5.91 Å². The summed E-state index contributed by atoms with van der Waals surface area (Å²) in [6.45, 7) is 2.74. The average Bonchev–Trinajstić information content (AvgIpc) is 2.95. The fourth-order valence-corrected chi connectivity index (χ4v) is 2.94. The summed E-state index contributed by atoms with van der Waals surface area (Å²) in [5.74, 6) is -1.36. The minimum atomic E-state index is -1.02. The highest BCUT2D eigenvalue weighted by atomic mass is 32.1. The summed E-state index contributed by atoms with van der Waals surface area (Å²) in [5, 5.41) is 16.8. The highest BCUT2D eigenvalue weighted by molar-refractivity contribution is 7.10. The molecule has 2 heterocycles.